The lowest BCUT2D eigenvalue weighted by atomic mass is 9.94. The number of ketones is 1. The number of nitrogen functional groups attached to an aromatic ring is 1. The summed E-state index contributed by atoms with van der Waals surface area (Å²) >= 11 is 0. The summed E-state index contributed by atoms with van der Waals surface area (Å²) in [6.45, 7) is 3.10. The number of carbonyl (C=O) groups is 1. The van der Waals surface area contributed by atoms with Crippen molar-refractivity contribution >= 4 is 22.8 Å². The third kappa shape index (κ3) is 2.28. The van der Waals surface area contributed by atoms with Gasteiger partial charge in [0.2, 0.25) is 5.72 Å². The summed E-state index contributed by atoms with van der Waals surface area (Å²) in [6, 6.07) is 0. The molecule has 0 unspecified atom stereocenters. The molecule has 9 nitrogen and oxygen atoms in total. The van der Waals surface area contributed by atoms with Crippen molar-refractivity contribution in [3.8, 4) is 0 Å². The quantitative estimate of drug-likeness (QED) is 0.681. The Balaban J connectivity index is 2.20. The first kappa shape index (κ1) is 15.8. The fourth-order valence-electron chi connectivity index (χ4n) is 2.95. The Morgan fingerprint density at radius 2 is 2.26 bits per heavy atom. The molecule has 4 N–H and O–H groups in total. The molecular formula is C14H19N5O4. The number of hydrogen-bond donors (Lipinski definition) is 3. The van der Waals surface area contributed by atoms with Gasteiger partial charge in [-0.2, -0.15) is 0 Å². The molecule has 124 valence electrons. The number of nitrogens with two attached hydrogens (primary N) is 1. The fourth-order valence-corrected chi connectivity index (χ4v) is 2.95. The Labute approximate surface area is 132 Å². The third-order valence-electron chi connectivity index (χ3n) is 4.10. The maximum absolute atomic E-state index is 12.9. The SMILES string of the molecule is CC(C)C(=O)[C@]1(n2cnc3c(N)ncnc32)C[C@H](O)[C@@H](CO)O1. The highest BCUT2D eigenvalue weighted by molar-refractivity contribution is 5.90. The lowest BCUT2D eigenvalue weighted by Gasteiger charge is -2.30. The van der Waals surface area contributed by atoms with E-state index in [2.05, 4.69) is 15.0 Å². The maximum Gasteiger partial charge on any atom is 0.210 e. The van der Waals surface area contributed by atoms with E-state index in [9.17, 15) is 15.0 Å². The van der Waals surface area contributed by atoms with Crippen molar-refractivity contribution in [3.05, 3.63) is 12.7 Å². The molecule has 0 saturated carbocycles. The van der Waals surface area contributed by atoms with Crippen LogP contribution in [0.5, 0.6) is 0 Å². The van der Waals surface area contributed by atoms with Crippen molar-refractivity contribution < 1.29 is 19.7 Å². The van der Waals surface area contributed by atoms with Crippen molar-refractivity contribution in [2.24, 2.45) is 5.92 Å². The maximum atomic E-state index is 12.9. The topological polar surface area (TPSA) is 136 Å². The largest absolute Gasteiger partial charge is 0.394 e. The van der Waals surface area contributed by atoms with E-state index >= 15 is 0 Å². The normalized spacial score (nSPS) is 27.9. The zero-order valence-electron chi connectivity index (χ0n) is 12.9. The molecule has 0 radical (unpaired) electrons. The molecule has 3 rings (SSSR count). The van der Waals surface area contributed by atoms with Crippen LogP contribution in [0.2, 0.25) is 0 Å². The number of aromatic nitrogens is 4. The molecule has 0 bridgehead atoms. The third-order valence-corrected chi connectivity index (χ3v) is 4.10. The van der Waals surface area contributed by atoms with Crippen molar-refractivity contribution in [2.75, 3.05) is 12.3 Å². The number of rotatable bonds is 4. The predicted molar refractivity (Wildman–Crippen MR) is 80.1 cm³/mol. The van der Waals surface area contributed by atoms with Gasteiger partial charge in [0, 0.05) is 12.3 Å². The van der Waals surface area contributed by atoms with Gasteiger partial charge in [0.05, 0.1) is 19.0 Å². The number of anilines is 1. The van der Waals surface area contributed by atoms with Crippen LogP contribution in [0.3, 0.4) is 0 Å². The molecule has 1 aliphatic heterocycles. The molecule has 3 atom stereocenters. The number of hydrogen-bond acceptors (Lipinski definition) is 8. The Morgan fingerprint density at radius 3 is 2.87 bits per heavy atom. The highest BCUT2D eigenvalue weighted by atomic mass is 16.6. The lowest BCUT2D eigenvalue weighted by molar-refractivity contribution is -0.163. The van der Waals surface area contributed by atoms with Gasteiger partial charge in [-0.1, -0.05) is 13.8 Å². The van der Waals surface area contributed by atoms with Crippen molar-refractivity contribution in [3.63, 3.8) is 0 Å². The predicted octanol–water partition coefficient (Wildman–Crippen LogP) is -0.572. The van der Waals surface area contributed by atoms with Crippen LogP contribution in [0.25, 0.3) is 11.2 Å². The molecule has 0 amide bonds. The van der Waals surface area contributed by atoms with E-state index in [1.807, 2.05) is 0 Å². The highest BCUT2D eigenvalue weighted by Crippen LogP contribution is 2.39. The summed E-state index contributed by atoms with van der Waals surface area (Å²) in [5.74, 6) is -0.390. The highest BCUT2D eigenvalue weighted by Gasteiger charge is 2.53. The molecule has 0 spiro atoms. The molecule has 1 saturated heterocycles. The van der Waals surface area contributed by atoms with E-state index in [0.717, 1.165) is 0 Å². The molecule has 0 aliphatic carbocycles. The summed E-state index contributed by atoms with van der Waals surface area (Å²) in [6.07, 6.45) is 0.861. The first-order valence-electron chi connectivity index (χ1n) is 7.35. The van der Waals surface area contributed by atoms with Crippen LogP contribution in [0.1, 0.15) is 20.3 Å². The van der Waals surface area contributed by atoms with Crippen LogP contribution in [0, 0.1) is 5.92 Å². The van der Waals surface area contributed by atoms with E-state index in [4.69, 9.17) is 10.5 Å². The molecule has 9 heteroatoms. The van der Waals surface area contributed by atoms with Gasteiger partial charge in [0.25, 0.3) is 0 Å². The van der Waals surface area contributed by atoms with E-state index in [1.165, 1.54) is 17.2 Å². The second kappa shape index (κ2) is 5.52. The number of aliphatic hydroxyl groups excluding tert-OH is 2. The summed E-state index contributed by atoms with van der Waals surface area (Å²) in [7, 11) is 0. The Bertz CT molecular complexity index is 746. The lowest BCUT2D eigenvalue weighted by Crippen LogP contribution is -2.44. The smallest absolute Gasteiger partial charge is 0.210 e. The summed E-state index contributed by atoms with van der Waals surface area (Å²) < 4.78 is 7.27. The van der Waals surface area contributed by atoms with Crippen LogP contribution >= 0.6 is 0 Å². The Hall–Kier alpha value is -2.10. The zero-order valence-corrected chi connectivity index (χ0v) is 12.9. The number of Topliss-reactive ketones (excluding diaryl/α,β-unsaturated/α-hetero) is 1. The zero-order chi connectivity index (χ0) is 16.8. The number of nitrogens with zero attached hydrogens (tertiary/aromatic N) is 4. The summed E-state index contributed by atoms with van der Waals surface area (Å²) in [5.41, 5.74) is 5.01. The molecule has 1 fully saturated rings. The van der Waals surface area contributed by atoms with E-state index < -0.39 is 24.5 Å². The van der Waals surface area contributed by atoms with Gasteiger partial charge in [0.1, 0.15) is 17.9 Å². The Morgan fingerprint density at radius 1 is 1.52 bits per heavy atom. The number of aliphatic hydroxyl groups is 2. The van der Waals surface area contributed by atoms with Gasteiger partial charge in [-0.05, 0) is 0 Å². The summed E-state index contributed by atoms with van der Waals surface area (Å²) in [5, 5.41) is 19.5. The summed E-state index contributed by atoms with van der Waals surface area (Å²) in [4.78, 5) is 25.0. The van der Waals surface area contributed by atoms with Crippen LogP contribution in [-0.2, 0) is 15.3 Å². The minimum atomic E-state index is -1.48. The van der Waals surface area contributed by atoms with Crippen molar-refractivity contribution in [1.29, 1.82) is 0 Å². The van der Waals surface area contributed by atoms with Gasteiger partial charge in [-0.25, -0.2) is 15.0 Å². The van der Waals surface area contributed by atoms with Gasteiger partial charge < -0.3 is 20.7 Å². The molecule has 3 heterocycles. The number of carbonyl (C=O) groups excluding carboxylic acids is 1. The average Bonchev–Trinajstić information content (AvgIpc) is 3.09. The molecule has 2 aromatic rings. The van der Waals surface area contributed by atoms with E-state index in [0.29, 0.717) is 11.2 Å². The minimum Gasteiger partial charge on any atom is -0.394 e. The van der Waals surface area contributed by atoms with Crippen molar-refractivity contribution in [2.45, 2.75) is 38.2 Å². The molecular weight excluding hydrogens is 302 g/mol. The monoisotopic (exact) mass is 321 g/mol. The van der Waals surface area contributed by atoms with Gasteiger partial charge in [0.15, 0.2) is 17.2 Å². The molecule has 0 aromatic carbocycles. The van der Waals surface area contributed by atoms with E-state index in [-0.39, 0.29) is 23.9 Å². The van der Waals surface area contributed by atoms with Crippen molar-refractivity contribution in [1.82, 2.24) is 19.5 Å². The van der Waals surface area contributed by atoms with Gasteiger partial charge in [-0.15, -0.1) is 0 Å². The van der Waals surface area contributed by atoms with Gasteiger partial charge >= 0.3 is 0 Å². The second-order valence-corrected chi connectivity index (χ2v) is 5.96. The first-order chi connectivity index (χ1) is 10.9. The number of imidazole rings is 1. The minimum absolute atomic E-state index is 0.00457. The van der Waals surface area contributed by atoms with E-state index in [1.54, 1.807) is 13.8 Å². The number of ether oxygens (including phenoxy) is 1. The standard InChI is InChI=1S/C14H19N5O4/c1-7(2)11(22)14(3-8(21)9(4-20)23-14)19-6-18-10-12(15)16-5-17-13(10)19/h5-9,20-21H,3-4H2,1-2H3,(H2,15,16,17)/t8-,9+,14-/m0/s1. The molecule has 1 aliphatic rings. The molecule has 23 heavy (non-hydrogen) atoms. The Kier molecular flexibility index (Phi) is 3.78. The van der Waals surface area contributed by atoms with Crippen LogP contribution in [0.15, 0.2) is 12.7 Å². The fraction of sp³-hybridized carbons (Fsp3) is 0.571. The van der Waals surface area contributed by atoms with Gasteiger partial charge in [-0.3, -0.25) is 9.36 Å². The van der Waals surface area contributed by atoms with Crippen LogP contribution in [0.4, 0.5) is 5.82 Å². The number of fused-ring (bicyclic) bond motifs is 1. The molecule has 2 aromatic heterocycles. The van der Waals surface area contributed by atoms with Crippen LogP contribution in [-0.4, -0.2) is 54.3 Å². The first-order valence-corrected chi connectivity index (χ1v) is 7.35. The van der Waals surface area contributed by atoms with Crippen LogP contribution < -0.4 is 5.73 Å². The second-order valence-electron chi connectivity index (χ2n) is 5.96. The average molecular weight is 321 g/mol.